The Labute approximate surface area is 147 Å². The minimum Gasteiger partial charge on any atom is -0.452 e. The maximum atomic E-state index is 12.8. The number of nitrogens with one attached hydrogen (secondary N) is 2. The zero-order valence-electron chi connectivity index (χ0n) is 12.9. The van der Waals surface area contributed by atoms with Crippen molar-refractivity contribution >= 4 is 35.1 Å². The lowest BCUT2D eigenvalue weighted by Crippen LogP contribution is -2.35. The Morgan fingerprint density at radius 3 is 2.44 bits per heavy atom. The molecule has 0 heterocycles. The largest absolute Gasteiger partial charge is 0.452 e. The van der Waals surface area contributed by atoms with Crippen LogP contribution in [0, 0.1) is 5.82 Å². The first kappa shape index (κ1) is 18.4. The first-order chi connectivity index (χ1) is 11.9. The summed E-state index contributed by atoms with van der Waals surface area (Å²) in [6.45, 7) is -0.847. The van der Waals surface area contributed by atoms with E-state index in [1.54, 1.807) is 12.1 Å². The summed E-state index contributed by atoms with van der Waals surface area (Å²) in [5.74, 6) is -2.26. The van der Waals surface area contributed by atoms with Crippen molar-refractivity contribution in [3.05, 3.63) is 64.9 Å². The van der Waals surface area contributed by atoms with E-state index in [0.29, 0.717) is 10.7 Å². The highest BCUT2D eigenvalue weighted by Crippen LogP contribution is 2.11. The predicted octanol–water partition coefficient (Wildman–Crippen LogP) is 2.39. The van der Waals surface area contributed by atoms with Crippen molar-refractivity contribution in [2.75, 3.05) is 18.5 Å². The molecule has 0 aromatic heterocycles. The molecular weight excluding hydrogens is 351 g/mol. The normalized spacial score (nSPS) is 10.0. The fourth-order valence-corrected chi connectivity index (χ4v) is 1.99. The SMILES string of the molecule is O=C(COC(=O)c1cccc(Cl)c1)NCC(=O)Nc1ccc(F)cc1. The molecule has 2 rings (SSSR count). The molecule has 0 spiro atoms. The van der Waals surface area contributed by atoms with E-state index in [1.807, 2.05) is 0 Å². The number of hydrogen-bond acceptors (Lipinski definition) is 4. The second-order valence-corrected chi connectivity index (χ2v) is 5.35. The Bertz CT molecular complexity index is 780. The van der Waals surface area contributed by atoms with Crippen LogP contribution in [0.25, 0.3) is 0 Å². The van der Waals surface area contributed by atoms with Gasteiger partial charge in [-0.1, -0.05) is 17.7 Å². The van der Waals surface area contributed by atoms with Gasteiger partial charge in [-0.3, -0.25) is 9.59 Å². The molecule has 0 bridgehead atoms. The zero-order valence-corrected chi connectivity index (χ0v) is 13.7. The molecule has 0 saturated carbocycles. The topological polar surface area (TPSA) is 84.5 Å². The van der Waals surface area contributed by atoms with Gasteiger partial charge in [-0.25, -0.2) is 9.18 Å². The molecule has 0 atom stereocenters. The number of hydrogen-bond donors (Lipinski definition) is 2. The van der Waals surface area contributed by atoms with E-state index in [9.17, 15) is 18.8 Å². The van der Waals surface area contributed by atoms with Crippen LogP contribution in [0.15, 0.2) is 48.5 Å². The van der Waals surface area contributed by atoms with Gasteiger partial charge >= 0.3 is 5.97 Å². The average molecular weight is 365 g/mol. The maximum Gasteiger partial charge on any atom is 0.338 e. The molecular formula is C17H14ClFN2O4. The van der Waals surface area contributed by atoms with Crippen LogP contribution in [0.4, 0.5) is 10.1 Å². The number of benzene rings is 2. The van der Waals surface area contributed by atoms with Gasteiger partial charge < -0.3 is 15.4 Å². The highest BCUT2D eigenvalue weighted by molar-refractivity contribution is 6.30. The van der Waals surface area contributed by atoms with Gasteiger partial charge in [0.05, 0.1) is 12.1 Å². The third kappa shape index (κ3) is 6.23. The Hall–Kier alpha value is -2.93. The summed E-state index contributed by atoms with van der Waals surface area (Å²) in [4.78, 5) is 35.0. The number of esters is 1. The number of amides is 2. The van der Waals surface area contributed by atoms with E-state index < -0.39 is 30.2 Å². The van der Waals surface area contributed by atoms with E-state index in [-0.39, 0.29) is 12.1 Å². The van der Waals surface area contributed by atoms with Gasteiger partial charge in [-0.2, -0.15) is 0 Å². The van der Waals surface area contributed by atoms with Crippen molar-refractivity contribution < 1.29 is 23.5 Å². The van der Waals surface area contributed by atoms with Gasteiger partial charge in [0.25, 0.3) is 5.91 Å². The van der Waals surface area contributed by atoms with Gasteiger partial charge in [0.1, 0.15) is 5.82 Å². The summed E-state index contributed by atoms with van der Waals surface area (Å²) in [5, 5.41) is 5.15. The summed E-state index contributed by atoms with van der Waals surface area (Å²) >= 11 is 5.76. The Morgan fingerprint density at radius 2 is 1.76 bits per heavy atom. The molecule has 0 unspecified atom stereocenters. The molecule has 2 amide bonds. The van der Waals surface area contributed by atoms with Crippen molar-refractivity contribution in [3.8, 4) is 0 Å². The average Bonchev–Trinajstić information content (AvgIpc) is 2.60. The second kappa shape index (κ2) is 8.79. The summed E-state index contributed by atoms with van der Waals surface area (Å²) in [6, 6.07) is 11.3. The molecule has 0 radical (unpaired) electrons. The highest BCUT2D eigenvalue weighted by Gasteiger charge is 2.11. The van der Waals surface area contributed by atoms with Crippen molar-refractivity contribution in [3.63, 3.8) is 0 Å². The standard InChI is InChI=1S/C17H14ClFN2O4/c18-12-3-1-2-11(8-12)17(24)25-10-16(23)20-9-15(22)21-14-6-4-13(19)5-7-14/h1-8H,9-10H2,(H,20,23)(H,21,22). The Balaban J connectivity index is 1.72. The fourth-order valence-electron chi connectivity index (χ4n) is 1.80. The molecule has 8 heteroatoms. The molecule has 6 nitrogen and oxygen atoms in total. The minimum absolute atomic E-state index is 0.217. The summed E-state index contributed by atoms with van der Waals surface area (Å²) < 4.78 is 17.6. The van der Waals surface area contributed by atoms with E-state index in [0.717, 1.165) is 0 Å². The molecule has 2 N–H and O–H groups in total. The van der Waals surface area contributed by atoms with E-state index >= 15 is 0 Å². The Morgan fingerprint density at radius 1 is 1.04 bits per heavy atom. The van der Waals surface area contributed by atoms with Gasteiger partial charge in [0.15, 0.2) is 6.61 Å². The lowest BCUT2D eigenvalue weighted by atomic mass is 10.2. The quantitative estimate of drug-likeness (QED) is 0.771. The van der Waals surface area contributed by atoms with Gasteiger partial charge in [-0.15, -0.1) is 0 Å². The lowest BCUT2D eigenvalue weighted by molar-refractivity contribution is -0.126. The molecule has 130 valence electrons. The number of carbonyl (C=O) groups is 3. The third-order valence-corrected chi connectivity index (χ3v) is 3.20. The number of carbonyl (C=O) groups excluding carboxylic acids is 3. The number of anilines is 1. The monoisotopic (exact) mass is 364 g/mol. The first-order valence-corrected chi connectivity index (χ1v) is 7.56. The van der Waals surface area contributed by atoms with Crippen LogP contribution in [-0.2, 0) is 14.3 Å². The highest BCUT2D eigenvalue weighted by atomic mass is 35.5. The first-order valence-electron chi connectivity index (χ1n) is 7.19. The molecule has 0 aliphatic heterocycles. The van der Waals surface area contributed by atoms with E-state index in [4.69, 9.17) is 16.3 Å². The van der Waals surface area contributed by atoms with Crippen LogP contribution in [0.3, 0.4) is 0 Å². The molecule has 25 heavy (non-hydrogen) atoms. The molecule has 0 fully saturated rings. The van der Waals surface area contributed by atoms with Gasteiger partial charge in [-0.05, 0) is 42.5 Å². The van der Waals surface area contributed by atoms with Crippen molar-refractivity contribution in [2.45, 2.75) is 0 Å². The smallest absolute Gasteiger partial charge is 0.338 e. The van der Waals surface area contributed by atoms with Crippen LogP contribution in [0.2, 0.25) is 5.02 Å². The van der Waals surface area contributed by atoms with Crippen molar-refractivity contribution in [2.24, 2.45) is 0 Å². The molecule has 2 aromatic rings. The number of rotatable bonds is 6. The van der Waals surface area contributed by atoms with Crippen molar-refractivity contribution in [1.29, 1.82) is 0 Å². The van der Waals surface area contributed by atoms with Crippen LogP contribution in [0.5, 0.6) is 0 Å². The van der Waals surface area contributed by atoms with E-state index in [2.05, 4.69) is 10.6 Å². The Kier molecular flexibility index (Phi) is 6.47. The molecule has 0 aliphatic rings. The maximum absolute atomic E-state index is 12.8. The zero-order chi connectivity index (χ0) is 18.2. The van der Waals surface area contributed by atoms with Gasteiger partial charge in [0.2, 0.25) is 5.91 Å². The van der Waals surface area contributed by atoms with Crippen LogP contribution in [-0.4, -0.2) is 30.9 Å². The molecule has 0 saturated heterocycles. The minimum atomic E-state index is -0.701. The number of halogens is 2. The van der Waals surface area contributed by atoms with Crippen molar-refractivity contribution in [1.82, 2.24) is 5.32 Å². The summed E-state index contributed by atoms with van der Waals surface area (Å²) in [5.41, 5.74) is 0.613. The van der Waals surface area contributed by atoms with Gasteiger partial charge in [0, 0.05) is 10.7 Å². The molecule has 2 aromatic carbocycles. The molecule has 0 aliphatic carbocycles. The van der Waals surface area contributed by atoms with Crippen LogP contribution < -0.4 is 10.6 Å². The lowest BCUT2D eigenvalue weighted by Gasteiger charge is -2.08. The fraction of sp³-hybridized carbons (Fsp3) is 0.118. The summed E-state index contributed by atoms with van der Waals surface area (Å²) in [7, 11) is 0. The van der Waals surface area contributed by atoms with E-state index in [1.165, 1.54) is 36.4 Å². The van der Waals surface area contributed by atoms with Crippen LogP contribution in [0.1, 0.15) is 10.4 Å². The second-order valence-electron chi connectivity index (χ2n) is 4.92. The number of ether oxygens (including phenoxy) is 1. The van der Waals surface area contributed by atoms with Crippen LogP contribution >= 0.6 is 11.6 Å². The summed E-state index contributed by atoms with van der Waals surface area (Å²) in [6.07, 6.45) is 0. The predicted molar refractivity (Wildman–Crippen MR) is 89.8 cm³/mol. The third-order valence-electron chi connectivity index (χ3n) is 2.97.